The second-order valence-electron chi connectivity index (χ2n) is 4.85. The van der Waals surface area contributed by atoms with Crippen LogP contribution < -0.4 is 5.32 Å². The van der Waals surface area contributed by atoms with Crippen LogP contribution in [0.1, 0.15) is 24.1 Å². The molecular formula is C17H15BrFNS. The average Bonchev–Trinajstić information content (AvgIpc) is 2.96. The van der Waals surface area contributed by atoms with E-state index in [-0.39, 0.29) is 11.9 Å². The van der Waals surface area contributed by atoms with Crippen LogP contribution >= 0.6 is 27.3 Å². The van der Waals surface area contributed by atoms with Gasteiger partial charge in [-0.2, -0.15) is 0 Å². The highest BCUT2D eigenvalue weighted by Crippen LogP contribution is 2.33. The molecule has 108 valence electrons. The number of nitrogens with one attached hydrogen (secondary N) is 1. The highest BCUT2D eigenvalue weighted by Gasteiger charge is 2.17. The molecule has 21 heavy (non-hydrogen) atoms. The quantitative estimate of drug-likeness (QED) is 0.644. The van der Waals surface area contributed by atoms with Crippen molar-refractivity contribution in [3.8, 4) is 0 Å². The second kappa shape index (κ2) is 6.26. The molecule has 4 heteroatoms. The van der Waals surface area contributed by atoms with Crippen LogP contribution in [0.3, 0.4) is 0 Å². The van der Waals surface area contributed by atoms with Crippen molar-refractivity contribution in [2.24, 2.45) is 0 Å². The Hall–Kier alpha value is -1.23. The van der Waals surface area contributed by atoms with Crippen LogP contribution in [0.15, 0.2) is 52.3 Å². The van der Waals surface area contributed by atoms with Gasteiger partial charge in [-0.15, -0.1) is 11.3 Å². The molecule has 3 rings (SSSR count). The number of halogens is 2. The van der Waals surface area contributed by atoms with Gasteiger partial charge in [0.15, 0.2) is 0 Å². The molecule has 0 saturated heterocycles. The van der Waals surface area contributed by atoms with Gasteiger partial charge < -0.3 is 5.32 Å². The van der Waals surface area contributed by atoms with Gasteiger partial charge in [0.05, 0.1) is 10.5 Å². The van der Waals surface area contributed by atoms with Gasteiger partial charge in [0.2, 0.25) is 0 Å². The van der Waals surface area contributed by atoms with Crippen molar-refractivity contribution in [3.63, 3.8) is 0 Å². The van der Waals surface area contributed by atoms with Gasteiger partial charge in [0, 0.05) is 4.70 Å². The van der Waals surface area contributed by atoms with E-state index in [0.29, 0.717) is 4.47 Å². The van der Waals surface area contributed by atoms with Gasteiger partial charge in [0.1, 0.15) is 5.82 Å². The summed E-state index contributed by atoms with van der Waals surface area (Å²) in [5.41, 5.74) is 2.30. The maximum Gasteiger partial charge on any atom is 0.137 e. The fourth-order valence-electron chi connectivity index (χ4n) is 2.55. The van der Waals surface area contributed by atoms with E-state index in [1.807, 2.05) is 12.1 Å². The standard InChI is InChI=1S/C17H15BrFNS/c1-2-20-16(12-6-7-15(19)14(18)10-12)13-5-3-4-11-8-9-21-17(11)13/h3-10,16,20H,2H2,1H3. The third-order valence-electron chi connectivity index (χ3n) is 3.51. The Morgan fingerprint density at radius 3 is 2.86 bits per heavy atom. The van der Waals surface area contributed by atoms with Gasteiger partial charge in [-0.05, 0) is 62.6 Å². The number of hydrogen-bond acceptors (Lipinski definition) is 2. The van der Waals surface area contributed by atoms with E-state index in [9.17, 15) is 4.39 Å². The van der Waals surface area contributed by atoms with Crippen LogP contribution in [0, 0.1) is 5.82 Å². The first kappa shape index (κ1) is 14.7. The summed E-state index contributed by atoms with van der Waals surface area (Å²) in [6.07, 6.45) is 0. The summed E-state index contributed by atoms with van der Waals surface area (Å²) in [6, 6.07) is 13.8. The Morgan fingerprint density at radius 2 is 2.10 bits per heavy atom. The predicted molar refractivity (Wildman–Crippen MR) is 91.4 cm³/mol. The topological polar surface area (TPSA) is 12.0 Å². The summed E-state index contributed by atoms with van der Waals surface area (Å²) in [5, 5.41) is 6.87. The molecule has 0 bridgehead atoms. The minimum atomic E-state index is -0.233. The summed E-state index contributed by atoms with van der Waals surface area (Å²) >= 11 is 5.02. The molecule has 0 amide bonds. The Morgan fingerprint density at radius 1 is 1.24 bits per heavy atom. The Balaban J connectivity index is 2.13. The highest BCUT2D eigenvalue weighted by atomic mass is 79.9. The molecule has 0 aliphatic carbocycles. The molecule has 0 aliphatic rings. The zero-order valence-electron chi connectivity index (χ0n) is 11.6. The predicted octanol–water partition coefficient (Wildman–Crippen LogP) is 5.50. The summed E-state index contributed by atoms with van der Waals surface area (Å²) < 4.78 is 15.3. The number of benzene rings is 2. The van der Waals surface area contributed by atoms with E-state index >= 15 is 0 Å². The van der Waals surface area contributed by atoms with Crippen LogP contribution in [-0.4, -0.2) is 6.54 Å². The zero-order chi connectivity index (χ0) is 14.8. The lowest BCUT2D eigenvalue weighted by molar-refractivity contribution is 0.610. The van der Waals surface area contributed by atoms with Gasteiger partial charge in [0.25, 0.3) is 0 Å². The molecule has 1 heterocycles. The van der Waals surface area contributed by atoms with E-state index in [4.69, 9.17) is 0 Å². The van der Waals surface area contributed by atoms with Crippen molar-refractivity contribution in [2.75, 3.05) is 6.54 Å². The molecule has 3 aromatic rings. The molecule has 1 N–H and O–H groups in total. The van der Waals surface area contributed by atoms with Gasteiger partial charge >= 0.3 is 0 Å². The number of rotatable bonds is 4. The van der Waals surface area contributed by atoms with Crippen LogP contribution in [0.5, 0.6) is 0 Å². The van der Waals surface area contributed by atoms with Crippen molar-refractivity contribution < 1.29 is 4.39 Å². The number of fused-ring (bicyclic) bond motifs is 1. The van der Waals surface area contributed by atoms with E-state index in [0.717, 1.165) is 12.1 Å². The summed E-state index contributed by atoms with van der Waals surface area (Å²) in [4.78, 5) is 0. The number of hydrogen-bond donors (Lipinski definition) is 1. The summed E-state index contributed by atoms with van der Waals surface area (Å²) in [5.74, 6) is -0.233. The van der Waals surface area contributed by atoms with Crippen molar-refractivity contribution in [1.82, 2.24) is 5.32 Å². The van der Waals surface area contributed by atoms with Crippen LogP contribution in [0.4, 0.5) is 4.39 Å². The molecule has 0 spiro atoms. The smallest absolute Gasteiger partial charge is 0.137 e. The minimum Gasteiger partial charge on any atom is -0.306 e. The lowest BCUT2D eigenvalue weighted by atomic mass is 9.97. The Bertz CT molecular complexity index is 768. The molecule has 1 atom stereocenters. The van der Waals surface area contributed by atoms with Gasteiger partial charge in [-0.3, -0.25) is 0 Å². The fourth-order valence-corrected chi connectivity index (χ4v) is 3.89. The Kier molecular flexibility index (Phi) is 4.38. The molecule has 1 aromatic heterocycles. The first-order chi connectivity index (χ1) is 10.2. The third-order valence-corrected chi connectivity index (χ3v) is 5.09. The van der Waals surface area contributed by atoms with Crippen LogP contribution in [-0.2, 0) is 0 Å². The first-order valence-corrected chi connectivity index (χ1v) is 8.52. The first-order valence-electron chi connectivity index (χ1n) is 6.85. The van der Waals surface area contributed by atoms with Gasteiger partial charge in [-0.1, -0.05) is 31.2 Å². The normalized spacial score (nSPS) is 12.7. The van der Waals surface area contributed by atoms with Crippen molar-refractivity contribution in [3.05, 3.63) is 69.3 Å². The van der Waals surface area contributed by atoms with Crippen molar-refractivity contribution in [1.29, 1.82) is 0 Å². The SMILES string of the molecule is CCNC(c1ccc(F)c(Br)c1)c1cccc2ccsc12. The molecule has 2 aromatic carbocycles. The number of thiophene rings is 1. The molecule has 0 saturated carbocycles. The fraction of sp³-hybridized carbons (Fsp3) is 0.176. The maximum absolute atomic E-state index is 13.5. The minimum absolute atomic E-state index is 0.0641. The lowest BCUT2D eigenvalue weighted by Gasteiger charge is -2.20. The Labute approximate surface area is 135 Å². The largest absolute Gasteiger partial charge is 0.306 e. The molecule has 1 unspecified atom stereocenters. The molecule has 0 aliphatic heterocycles. The van der Waals surface area contributed by atoms with E-state index in [1.165, 1.54) is 21.7 Å². The lowest BCUT2D eigenvalue weighted by Crippen LogP contribution is -2.22. The van der Waals surface area contributed by atoms with E-state index in [2.05, 4.69) is 57.8 Å². The van der Waals surface area contributed by atoms with E-state index < -0.39 is 0 Å². The van der Waals surface area contributed by atoms with Crippen LogP contribution in [0.25, 0.3) is 10.1 Å². The highest BCUT2D eigenvalue weighted by molar-refractivity contribution is 9.10. The van der Waals surface area contributed by atoms with Crippen molar-refractivity contribution >= 4 is 37.4 Å². The third kappa shape index (κ3) is 2.89. The average molecular weight is 364 g/mol. The summed E-state index contributed by atoms with van der Waals surface area (Å²) in [7, 11) is 0. The maximum atomic E-state index is 13.5. The molecule has 1 nitrogen and oxygen atoms in total. The summed E-state index contributed by atoms with van der Waals surface area (Å²) in [6.45, 7) is 2.93. The zero-order valence-corrected chi connectivity index (χ0v) is 14.0. The van der Waals surface area contributed by atoms with E-state index in [1.54, 1.807) is 11.3 Å². The van der Waals surface area contributed by atoms with Crippen molar-refractivity contribution in [2.45, 2.75) is 13.0 Å². The molecule has 0 radical (unpaired) electrons. The van der Waals surface area contributed by atoms with Gasteiger partial charge in [-0.25, -0.2) is 4.39 Å². The second-order valence-corrected chi connectivity index (χ2v) is 6.62. The van der Waals surface area contributed by atoms with Crippen LogP contribution in [0.2, 0.25) is 0 Å². The monoisotopic (exact) mass is 363 g/mol. The molecule has 0 fully saturated rings. The molecular weight excluding hydrogens is 349 g/mol.